The molecule has 2 rings (SSSR count). The molecule has 0 bridgehead atoms. The third-order valence-corrected chi connectivity index (χ3v) is 3.42. The van der Waals surface area contributed by atoms with E-state index in [1.165, 1.54) is 12.1 Å². The molecule has 0 aliphatic carbocycles. The number of nitrogens with zero attached hydrogens (tertiary/aromatic N) is 2. The second kappa shape index (κ2) is 5.13. The largest absolute Gasteiger partial charge is 0.383 e. The van der Waals surface area contributed by atoms with Crippen LogP contribution in [0.4, 0.5) is 8.78 Å². The highest BCUT2D eigenvalue weighted by Gasteiger charge is 2.39. The third kappa shape index (κ3) is 2.53. The Morgan fingerprint density at radius 3 is 2.58 bits per heavy atom. The smallest absolute Gasteiger partial charge is 0.192 e. The van der Waals surface area contributed by atoms with Crippen LogP contribution in [0, 0.1) is 11.6 Å². The topological polar surface area (TPSA) is 50.9 Å². The van der Waals surface area contributed by atoms with Gasteiger partial charge in [-0.3, -0.25) is 4.99 Å². The molecule has 6 heteroatoms. The van der Waals surface area contributed by atoms with Crippen molar-refractivity contribution in [2.75, 3.05) is 26.8 Å². The minimum atomic E-state index is -0.647. The van der Waals surface area contributed by atoms with Gasteiger partial charge in [0.2, 0.25) is 0 Å². The minimum absolute atomic E-state index is 0.365. The third-order valence-electron chi connectivity index (χ3n) is 3.42. The van der Waals surface area contributed by atoms with Crippen molar-refractivity contribution < 1.29 is 13.5 Å². The van der Waals surface area contributed by atoms with Gasteiger partial charge >= 0.3 is 0 Å². The van der Waals surface area contributed by atoms with Gasteiger partial charge in [0.15, 0.2) is 5.96 Å². The normalized spacial score (nSPS) is 22.7. The van der Waals surface area contributed by atoms with Crippen molar-refractivity contribution in [2.45, 2.75) is 12.5 Å². The molecule has 2 N–H and O–H groups in total. The average molecular weight is 269 g/mol. The van der Waals surface area contributed by atoms with Crippen molar-refractivity contribution in [3.63, 3.8) is 0 Å². The van der Waals surface area contributed by atoms with Gasteiger partial charge in [-0.25, -0.2) is 8.78 Å². The van der Waals surface area contributed by atoms with E-state index in [4.69, 9.17) is 10.5 Å². The number of nitrogens with two attached hydrogens (primary N) is 1. The first-order valence-corrected chi connectivity index (χ1v) is 6.00. The molecular formula is C13H17F2N3O. The molecule has 19 heavy (non-hydrogen) atoms. The van der Waals surface area contributed by atoms with Crippen molar-refractivity contribution in [2.24, 2.45) is 10.7 Å². The van der Waals surface area contributed by atoms with Crippen molar-refractivity contribution in [1.82, 2.24) is 4.90 Å². The van der Waals surface area contributed by atoms with E-state index >= 15 is 0 Å². The molecule has 0 saturated carbocycles. The Kier molecular flexibility index (Phi) is 3.71. The Morgan fingerprint density at radius 2 is 2.00 bits per heavy atom. The predicted molar refractivity (Wildman–Crippen MR) is 68.8 cm³/mol. The van der Waals surface area contributed by atoms with Gasteiger partial charge in [0.1, 0.15) is 11.6 Å². The van der Waals surface area contributed by atoms with Crippen molar-refractivity contribution >= 4 is 5.96 Å². The lowest BCUT2D eigenvalue weighted by Crippen LogP contribution is -2.48. The van der Waals surface area contributed by atoms with Crippen molar-refractivity contribution in [1.29, 1.82) is 0 Å². The lowest BCUT2D eigenvalue weighted by atomic mass is 9.91. The summed E-state index contributed by atoms with van der Waals surface area (Å²) in [4.78, 5) is 5.99. The van der Waals surface area contributed by atoms with E-state index in [9.17, 15) is 8.78 Å². The summed E-state index contributed by atoms with van der Waals surface area (Å²) in [5, 5.41) is 0. The summed E-state index contributed by atoms with van der Waals surface area (Å²) in [5.74, 6) is -0.842. The standard InChI is InChI=1S/C13H17F2N3O/c1-13(9-5-10(14)7-11(15)6-9)8-17-12(16)18(13)3-4-19-2/h5-7H,3-4,8H2,1-2H3,(H2,16,17). The first-order valence-electron chi connectivity index (χ1n) is 6.00. The number of aliphatic imine (C=N–C) groups is 1. The van der Waals surface area contributed by atoms with Gasteiger partial charge in [0, 0.05) is 19.7 Å². The molecule has 4 nitrogen and oxygen atoms in total. The van der Waals surface area contributed by atoms with E-state index in [1.807, 2.05) is 11.8 Å². The van der Waals surface area contributed by atoms with Crippen LogP contribution in [0.2, 0.25) is 0 Å². The number of rotatable bonds is 4. The molecule has 1 aliphatic heterocycles. The molecule has 0 aromatic heterocycles. The molecule has 0 amide bonds. The molecule has 0 saturated heterocycles. The van der Waals surface area contributed by atoms with Crippen LogP contribution in [-0.4, -0.2) is 37.7 Å². The molecule has 1 aromatic rings. The number of benzene rings is 1. The van der Waals surface area contributed by atoms with Crippen LogP contribution >= 0.6 is 0 Å². The van der Waals surface area contributed by atoms with Gasteiger partial charge in [-0.15, -0.1) is 0 Å². The van der Waals surface area contributed by atoms with Gasteiger partial charge < -0.3 is 15.4 Å². The van der Waals surface area contributed by atoms with E-state index < -0.39 is 17.2 Å². The first-order chi connectivity index (χ1) is 8.97. The van der Waals surface area contributed by atoms with Gasteiger partial charge in [-0.1, -0.05) is 0 Å². The van der Waals surface area contributed by atoms with Crippen LogP contribution in [0.5, 0.6) is 0 Å². The van der Waals surface area contributed by atoms with E-state index in [0.29, 0.717) is 31.2 Å². The van der Waals surface area contributed by atoms with Crippen LogP contribution in [0.1, 0.15) is 12.5 Å². The molecule has 0 fully saturated rings. The zero-order chi connectivity index (χ0) is 14.0. The molecular weight excluding hydrogens is 252 g/mol. The lowest BCUT2D eigenvalue weighted by molar-refractivity contribution is 0.136. The number of ether oxygens (including phenoxy) is 1. The van der Waals surface area contributed by atoms with E-state index in [2.05, 4.69) is 4.99 Å². The molecule has 1 aliphatic rings. The molecule has 1 aromatic carbocycles. The molecule has 0 radical (unpaired) electrons. The Labute approximate surface area is 110 Å². The summed E-state index contributed by atoms with van der Waals surface area (Å²) < 4.78 is 31.8. The van der Waals surface area contributed by atoms with Crippen LogP contribution in [-0.2, 0) is 10.3 Å². The van der Waals surface area contributed by atoms with E-state index in [0.717, 1.165) is 6.07 Å². The highest BCUT2D eigenvalue weighted by molar-refractivity contribution is 5.81. The fourth-order valence-electron chi connectivity index (χ4n) is 2.31. The van der Waals surface area contributed by atoms with Crippen LogP contribution < -0.4 is 5.73 Å². The fourth-order valence-corrected chi connectivity index (χ4v) is 2.31. The predicted octanol–water partition coefficient (Wildman–Crippen LogP) is 1.46. The zero-order valence-electron chi connectivity index (χ0n) is 11.0. The van der Waals surface area contributed by atoms with Crippen molar-refractivity contribution in [3.05, 3.63) is 35.4 Å². The lowest BCUT2D eigenvalue weighted by Gasteiger charge is -2.36. The summed E-state index contributed by atoms with van der Waals surface area (Å²) in [6, 6.07) is 3.49. The number of hydrogen-bond donors (Lipinski definition) is 1. The Bertz CT molecular complexity index is 486. The SMILES string of the molecule is COCCN1C(N)=NCC1(C)c1cc(F)cc(F)c1. The van der Waals surface area contributed by atoms with E-state index in [-0.39, 0.29) is 0 Å². The molecule has 1 unspecified atom stereocenters. The summed E-state index contributed by atoms with van der Waals surface area (Å²) in [5.41, 5.74) is 5.71. The van der Waals surface area contributed by atoms with Gasteiger partial charge in [0.05, 0.1) is 18.7 Å². The second-order valence-electron chi connectivity index (χ2n) is 4.75. The number of guanidine groups is 1. The molecule has 0 spiro atoms. The van der Waals surface area contributed by atoms with Gasteiger partial charge in [-0.2, -0.15) is 0 Å². The average Bonchev–Trinajstić information content (AvgIpc) is 2.63. The highest BCUT2D eigenvalue weighted by atomic mass is 19.1. The Morgan fingerprint density at radius 1 is 1.37 bits per heavy atom. The summed E-state index contributed by atoms with van der Waals surface area (Å²) in [7, 11) is 1.59. The maximum atomic E-state index is 13.4. The highest BCUT2D eigenvalue weighted by Crippen LogP contribution is 2.33. The van der Waals surface area contributed by atoms with Gasteiger partial charge in [0.25, 0.3) is 0 Å². The summed E-state index contributed by atoms with van der Waals surface area (Å²) >= 11 is 0. The zero-order valence-corrected chi connectivity index (χ0v) is 11.0. The minimum Gasteiger partial charge on any atom is -0.383 e. The molecule has 1 atom stereocenters. The van der Waals surface area contributed by atoms with E-state index in [1.54, 1.807) is 7.11 Å². The van der Waals surface area contributed by atoms with Crippen LogP contribution in [0.15, 0.2) is 23.2 Å². The molecule has 104 valence electrons. The Balaban J connectivity index is 2.35. The number of methoxy groups -OCH3 is 1. The Hall–Kier alpha value is -1.69. The van der Waals surface area contributed by atoms with Gasteiger partial charge in [-0.05, 0) is 24.6 Å². The number of halogens is 2. The quantitative estimate of drug-likeness (QED) is 0.900. The fraction of sp³-hybridized carbons (Fsp3) is 0.462. The monoisotopic (exact) mass is 269 g/mol. The maximum absolute atomic E-state index is 13.4. The first kappa shape index (κ1) is 13.7. The summed E-state index contributed by atoms with van der Waals surface area (Å²) in [6.45, 7) is 3.20. The molecule has 1 heterocycles. The summed E-state index contributed by atoms with van der Waals surface area (Å²) in [6.07, 6.45) is 0. The van der Waals surface area contributed by atoms with Crippen molar-refractivity contribution in [3.8, 4) is 0 Å². The van der Waals surface area contributed by atoms with Crippen LogP contribution in [0.3, 0.4) is 0 Å². The second-order valence-corrected chi connectivity index (χ2v) is 4.75. The maximum Gasteiger partial charge on any atom is 0.192 e. The number of hydrogen-bond acceptors (Lipinski definition) is 4. The van der Waals surface area contributed by atoms with Crippen LogP contribution in [0.25, 0.3) is 0 Å².